The van der Waals surface area contributed by atoms with Gasteiger partial charge < -0.3 is 10.6 Å². The quantitative estimate of drug-likeness (QED) is 0.596. The van der Waals surface area contributed by atoms with Crippen LogP contribution in [0.25, 0.3) is 22.0 Å². The molecule has 2 heterocycles. The molecule has 5 nitrogen and oxygen atoms in total. The second kappa shape index (κ2) is 8.65. The van der Waals surface area contributed by atoms with Gasteiger partial charge in [-0.15, -0.1) is 11.3 Å². The number of para-hydroxylation sites is 1. The van der Waals surface area contributed by atoms with Crippen molar-refractivity contribution in [3.05, 3.63) is 47.3 Å². The van der Waals surface area contributed by atoms with Crippen molar-refractivity contribution in [2.75, 3.05) is 11.9 Å². The van der Waals surface area contributed by atoms with Crippen molar-refractivity contribution < 1.29 is 4.79 Å². The van der Waals surface area contributed by atoms with Gasteiger partial charge in [0.2, 0.25) is 5.91 Å². The lowest BCUT2D eigenvalue weighted by atomic mass is 10.0. The minimum absolute atomic E-state index is 0.0127. The third-order valence-electron chi connectivity index (χ3n) is 4.28. The van der Waals surface area contributed by atoms with E-state index in [1.807, 2.05) is 35.7 Å². The Morgan fingerprint density at radius 2 is 2.04 bits per heavy atom. The maximum atomic E-state index is 12.5. The van der Waals surface area contributed by atoms with Gasteiger partial charge in [0.25, 0.3) is 0 Å². The van der Waals surface area contributed by atoms with E-state index in [9.17, 15) is 4.79 Å². The molecule has 3 aromatic rings. The van der Waals surface area contributed by atoms with Crippen LogP contribution in [-0.2, 0) is 4.79 Å². The normalized spacial score (nSPS) is 11.9. The SMILES string of the molecule is CC(C)C[C@H](Nc1cscc1-c1cccc2cccnc12)C(=O)NCC#N. The van der Waals surface area contributed by atoms with Crippen molar-refractivity contribution in [2.45, 2.75) is 26.3 Å². The molecule has 0 saturated carbocycles. The lowest BCUT2D eigenvalue weighted by molar-refractivity contribution is -0.121. The van der Waals surface area contributed by atoms with Crippen LogP contribution in [0.3, 0.4) is 0 Å². The van der Waals surface area contributed by atoms with Crippen LogP contribution in [0.15, 0.2) is 47.3 Å². The van der Waals surface area contributed by atoms with Gasteiger partial charge in [-0.05, 0) is 18.4 Å². The maximum Gasteiger partial charge on any atom is 0.243 e. The van der Waals surface area contributed by atoms with Crippen LogP contribution in [0.4, 0.5) is 5.69 Å². The first-order chi connectivity index (χ1) is 13.1. The Bertz CT molecular complexity index is 968. The number of nitrogens with one attached hydrogen (secondary N) is 2. The Hall–Kier alpha value is -2.91. The molecule has 0 aliphatic heterocycles. The van der Waals surface area contributed by atoms with Crippen LogP contribution in [0.1, 0.15) is 20.3 Å². The van der Waals surface area contributed by atoms with E-state index >= 15 is 0 Å². The number of aromatic nitrogens is 1. The topological polar surface area (TPSA) is 77.8 Å². The molecule has 1 atom stereocenters. The largest absolute Gasteiger partial charge is 0.372 e. The van der Waals surface area contributed by atoms with E-state index in [0.29, 0.717) is 12.3 Å². The number of hydrogen-bond donors (Lipinski definition) is 2. The maximum absolute atomic E-state index is 12.5. The highest BCUT2D eigenvalue weighted by molar-refractivity contribution is 7.08. The molecular formula is C21H22N4OS. The van der Waals surface area contributed by atoms with Crippen LogP contribution in [0.5, 0.6) is 0 Å². The Labute approximate surface area is 163 Å². The highest BCUT2D eigenvalue weighted by Crippen LogP contribution is 2.36. The van der Waals surface area contributed by atoms with E-state index in [2.05, 4.69) is 40.9 Å². The molecule has 0 spiro atoms. The fourth-order valence-corrected chi connectivity index (χ4v) is 3.87. The molecule has 0 fully saturated rings. The second-order valence-electron chi connectivity index (χ2n) is 6.78. The summed E-state index contributed by atoms with van der Waals surface area (Å²) in [5.74, 6) is 0.190. The highest BCUT2D eigenvalue weighted by atomic mass is 32.1. The van der Waals surface area contributed by atoms with Gasteiger partial charge in [0.05, 0.1) is 17.3 Å². The molecule has 0 aliphatic carbocycles. The number of thiophene rings is 1. The van der Waals surface area contributed by atoms with E-state index in [0.717, 1.165) is 27.7 Å². The van der Waals surface area contributed by atoms with Crippen LogP contribution < -0.4 is 10.6 Å². The average Bonchev–Trinajstić information content (AvgIpc) is 3.12. The van der Waals surface area contributed by atoms with E-state index in [1.165, 1.54) is 0 Å². The van der Waals surface area contributed by atoms with Crippen LogP contribution in [-0.4, -0.2) is 23.5 Å². The van der Waals surface area contributed by atoms with E-state index in [1.54, 1.807) is 17.5 Å². The molecule has 138 valence electrons. The molecule has 3 rings (SSSR count). The van der Waals surface area contributed by atoms with Gasteiger partial charge in [-0.1, -0.05) is 38.1 Å². The summed E-state index contributed by atoms with van der Waals surface area (Å²) in [6, 6.07) is 11.6. The summed E-state index contributed by atoms with van der Waals surface area (Å²) < 4.78 is 0. The number of anilines is 1. The summed E-state index contributed by atoms with van der Waals surface area (Å²) in [6.07, 6.45) is 2.47. The van der Waals surface area contributed by atoms with Gasteiger partial charge in [-0.3, -0.25) is 9.78 Å². The van der Waals surface area contributed by atoms with Gasteiger partial charge in [0.15, 0.2) is 0 Å². The number of hydrogen-bond acceptors (Lipinski definition) is 5. The number of carbonyl (C=O) groups is 1. The minimum atomic E-state index is -0.394. The average molecular weight is 379 g/mol. The molecule has 2 N–H and O–H groups in total. The first-order valence-corrected chi connectivity index (χ1v) is 9.86. The van der Waals surface area contributed by atoms with Crippen LogP contribution in [0.2, 0.25) is 0 Å². The number of rotatable bonds is 7. The lowest BCUT2D eigenvalue weighted by Gasteiger charge is -2.21. The molecule has 6 heteroatoms. The highest BCUT2D eigenvalue weighted by Gasteiger charge is 2.21. The Morgan fingerprint density at radius 3 is 2.81 bits per heavy atom. The van der Waals surface area contributed by atoms with Crippen LogP contribution in [0, 0.1) is 17.2 Å². The molecule has 0 unspecified atom stereocenters. The first-order valence-electron chi connectivity index (χ1n) is 8.91. The summed E-state index contributed by atoms with van der Waals surface area (Å²) >= 11 is 1.59. The molecule has 2 aromatic heterocycles. The van der Waals surface area contributed by atoms with Crippen molar-refractivity contribution in [3.63, 3.8) is 0 Å². The molecule has 27 heavy (non-hydrogen) atoms. The van der Waals surface area contributed by atoms with Gasteiger partial charge >= 0.3 is 0 Å². The number of fused-ring (bicyclic) bond motifs is 1. The van der Waals surface area contributed by atoms with E-state index in [-0.39, 0.29) is 12.5 Å². The van der Waals surface area contributed by atoms with E-state index < -0.39 is 6.04 Å². The second-order valence-corrected chi connectivity index (χ2v) is 7.53. The molecule has 1 amide bonds. The van der Waals surface area contributed by atoms with Crippen molar-refractivity contribution >= 4 is 33.8 Å². The molecule has 0 aliphatic rings. The minimum Gasteiger partial charge on any atom is -0.372 e. The molecule has 0 bridgehead atoms. The fourth-order valence-electron chi connectivity index (χ4n) is 3.08. The fraction of sp³-hybridized carbons (Fsp3) is 0.286. The summed E-state index contributed by atoms with van der Waals surface area (Å²) in [5, 5.41) is 20.0. The van der Waals surface area contributed by atoms with Crippen LogP contribution >= 0.6 is 11.3 Å². The summed E-state index contributed by atoms with van der Waals surface area (Å²) in [6.45, 7) is 4.17. The monoisotopic (exact) mass is 378 g/mol. The van der Waals surface area contributed by atoms with Gasteiger partial charge in [-0.25, -0.2) is 0 Å². The third kappa shape index (κ3) is 4.44. The Balaban J connectivity index is 1.93. The third-order valence-corrected chi connectivity index (χ3v) is 5.02. The van der Waals surface area contributed by atoms with Gasteiger partial charge in [0, 0.05) is 33.5 Å². The lowest BCUT2D eigenvalue weighted by Crippen LogP contribution is -2.40. The van der Waals surface area contributed by atoms with Crippen molar-refractivity contribution in [2.24, 2.45) is 5.92 Å². The molecule has 0 saturated heterocycles. The number of nitriles is 1. The number of pyridine rings is 1. The summed E-state index contributed by atoms with van der Waals surface area (Å²) in [7, 11) is 0. The first kappa shape index (κ1) is 18.9. The Kier molecular flexibility index (Phi) is 6.05. The van der Waals surface area contributed by atoms with Crippen molar-refractivity contribution in [1.29, 1.82) is 5.26 Å². The number of nitrogens with zero attached hydrogens (tertiary/aromatic N) is 2. The van der Waals surface area contributed by atoms with E-state index in [4.69, 9.17) is 5.26 Å². The molecule has 0 radical (unpaired) electrons. The molecule has 1 aromatic carbocycles. The Morgan fingerprint density at radius 1 is 1.22 bits per heavy atom. The zero-order valence-corrected chi connectivity index (χ0v) is 16.2. The smallest absolute Gasteiger partial charge is 0.243 e. The number of benzene rings is 1. The summed E-state index contributed by atoms with van der Waals surface area (Å²) in [4.78, 5) is 17.0. The van der Waals surface area contributed by atoms with Gasteiger partial charge in [-0.2, -0.15) is 5.26 Å². The van der Waals surface area contributed by atoms with Crippen molar-refractivity contribution in [1.82, 2.24) is 10.3 Å². The number of carbonyl (C=O) groups excluding carboxylic acids is 1. The van der Waals surface area contributed by atoms with Crippen molar-refractivity contribution in [3.8, 4) is 17.2 Å². The summed E-state index contributed by atoms with van der Waals surface area (Å²) in [5.41, 5.74) is 3.93. The zero-order chi connectivity index (χ0) is 19.2. The standard InChI is InChI=1S/C21H22N4OS/c1-14(2)11-18(21(26)24-10-8-22)25-19-13-27-12-17(19)16-7-3-5-15-6-4-9-23-20(15)16/h3-7,9,12-14,18,25H,10-11H2,1-2H3,(H,24,26)/t18-/m0/s1. The predicted octanol–water partition coefficient (Wildman–Crippen LogP) is 4.43. The molecular weight excluding hydrogens is 356 g/mol. The van der Waals surface area contributed by atoms with Gasteiger partial charge in [0.1, 0.15) is 12.6 Å². The number of amides is 1. The zero-order valence-electron chi connectivity index (χ0n) is 15.4. The predicted molar refractivity (Wildman–Crippen MR) is 111 cm³/mol.